The summed E-state index contributed by atoms with van der Waals surface area (Å²) in [6.07, 6.45) is 0.460. The van der Waals surface area contributed by atoms with Crippen molar-refractivity contribution in [2.24, 2.45) is 0 Å². The molecule has 0 aromatic carbocycles. The molecule has 0 amide bonds. The van der Waals surface area contributed by atoms with Crippen LogP contribution in [0.15, 0.2) is 16.3 Å². The van der Waals surface area contributed by atoms with Crippen LogP contribution in [0.1, 0.15) is 25.1 Å². The third-order valence-electron chi connectivity index (χ3n) is 2.39. The predicted molar refractivity (Wildman–Crippen MR) is 69.8 cm³/mol. The van der Waals surface area contributed by atoms with Crippen molar-refractivity contribution in [3.63, 3.8) is 0 Å². The van der Waals surface area contributed by atoms with Gasteiger partial charge in [0.25, 0.3) is 10.0 Å². The van der Waals surface area contributed by atoms with Crippen molar-refractivity contribution in [2.45, 2.75) is 37.4 Å². The summed E-state index contributed by atoms with van der Waals surface area (Å²) in [5, 5.41) is 8.82. The van der Waals surface area contributed by atoms with E-state index in [1.165, 1.54) is 15.6 Å². The van der Waals surface area contributed by atoms with Gasteiger partial charge in [-0.1, -0.05) is 0 Å². The Balaban J connectivity index is 3.00. The van der Waals surface area contributed by atoms with E-state index in [1.54, 1.807) is 6.07 Å². The molecule has 17 heavy (non-hydrogen) atoms. The lowest BCUT2D eigenvalue weighted by molar-refractivity contribution is 0.258. The molecule has 1 aromatic heterocycles. The van der Waals surface area contributed by atoms with Crippen LogP contribution in [0.5, 0.6) is 0 Å². The van der Waals surface area contributed by atoms with Gasteiger partial charge in [-0.05, 0) is 39.3 Å². The summed E-state index contributed by atoms with van der Waals surface area (Å²) in [7, 11) is -3.41. The largest absolute Gasteiger partial charge is 0.396 e. The number of rotatable bonds is 6. The molecule has 0 saturated carbocycles. The van der Waals surface area contributed by atoms with Crippen LogP contribution in [0.4, 0.5) is 0 Å². The van der Waals surface area contributed by atoms with Crippen molar-refractivity contribution in [2.75, 3.05) is 13.2 Å². The van der Waals surface area contributed by atoms with E-state index in [-0.39, 0.29) is 12.6 Å². The van der Waals surface area contributed by atoms with Gasteiger partial charge in [0.1, 0.15) is 4.21 Å². The van der Waals surface area contributed by atoms with Gasteiger partial charge < -0.3 is 5.11 Å². The summed E-state index contributed by atoms with van der Waals surface area (Å²) < 4.78 is 26.5. The molecule has 1 N–H and O–H groups in total. The SMILES string of the molecule is Cc1ccc(S(=O)(=O)N(CCCO)C(C)C)s1. The molecule has 4 nitrogen and oxygen atoms in total. The van der Waals surface area contributed by atoms with Crippen LogP contribution in [0, 0.1) is 6.92 Å². The van der Waals surface area contributed by atoms with Crippen LogP contribution < -0.4 is 0 Å². The molecule has 0 bridgehead atoms. The number of hydrogen-bond donors (Lipinski definition) is 1. The van der Waals surface area contributed by atoms with Crippen molar-refractivity contribution >= 4 is 21.4 Å². The van der Waals surface area contributed by atoms with E-state index in [9.17, 15) is 8.42 Å². The van der Waals surface area contributed by atoms with Crippen LogP contribution in [0.3, 0.4) is 0 Å². The number of nitrogens with zero attached hydrogens (tertiary/aromatic N) is 1. The lowest BCUT2D eigenvalue weighted by atomic mass is 10.3. The highest BCUT2D eigenvalue weighted by Gasteiger charge is 2.27. The lowest BCUT2D eigenvalue weighted by Crippen LogP contribution is -2.37. The molecule has 0 aliphatic rings. The van der Waals surface area contributed by atoms with Crippen molar-refractivity contribution in [1.82, 2.24) is 4.31 Å². The summed E-state index contributed by atoms with van der Waals surface area (Å²) >= 11 is 1.28. The number of aliphatic hydroxyl groups is 1. The first kappa shape index (κ1) is 14.6. The van der Waals surface area contributed by atoms with Gasteiger partial charge in [-0.3, -0.25) is 0 Å². The Hall–Kier alpha value is -0.430. The highest BCUT2D eigenvalue weighted by molar-refractivity contribution is 7.91. The maximum Gasteiger partial charge on any atom is 0.252 e. The summed E-state index contributed by atoms with van der Waals surface area (Å²) in [6.45, 7) is 5.93. The molecule has 98 valence electrons. The van der Waals surface area contributed by atoms with Crippen LogP contribution >= 0.6 is 11.3 Å². The zero-order valence-corrected chi connectivity index (χ0v) is 12.0. The molecule has 0 spiro atoms. The zero-order valence-electron chi connectivity index (χ0n) is 10.4. The summed E-state index contributed by atoms with van der Waals surface area (Å²) in [5.74, 6) is 0. The lowest BCUT2D eigenvalue weighted by Gasteiger charge is -2.24. The van der Waals surface area contributed by atoms with Gasteiger partial charge in [0.05, 0.1) is 0 Å². The first-order chi connectivity index (χ1) is 7.89. The maximum atomic E-state index is 12.3. The Morgan fingerprint density at radius 2 is 2.06 bits per heavy atom. The molecule has 0 fully saturated rings. The quantitative estimate of drug-likeness (QED) is 0.863. The van der Waals surface area contributed by atoms with Crippen molar-refractivity contribution in [1.29, 1.82) is 0 Å². The fourth-order valence-electron chi connectivity index (χ4n) is 1.55. The van der Waals surface area contributed by atoms with Gasteiger partial charge >= 0.3 is 0 Å². The molecule has 0 radical (unpaired) electrons. The Kier molecular flexibility index (Phi) is 5.12. The summed E-state index contributed by atoms with van der Waals surface area (Å²) in [5.41, 5.74) is 0. The second-order valence-corrected chi connectivity index (χ2v) is 7.56. The fourth-order valence-corrected chi connectivity index (χ4v) is 4.64. The van der Waals surface area contributed by atoms with E-state index in [0.29, 0.717) is 17.2 Å². The van der Waals surface area contributed by atoms with Crippen LogP contribution in [0.25, 0.3) is 0 Å². The summed E-state index contributed by atoms with van der Waals surface area (Å²) in [6, 6.07) is 3.35. The van der Waals surface area contributed by atoms with Gasteiger partial charge in [0.2, 0.25) is 0 Å². The van der Waals surface area contributed by atoms with E-state index in [0.717, 1.165) is 4.88 Å². The zero-order chi connectivity index (χ0) is 13.1. The standard InChI is InChI=1S/C11H19NO3S2/c1-9(2)12(7-4-8-13)17(14,15)11-6-5-10(3)16-11/h5-6,9,13H,4,7-8H2,1-3H3. The smallest absolute Gasteiger partial charge is 0.252 e. The average molecular weight is 277 g/mol. The Labute approximate surface area is 107 Å². The molecule has 0 atom stereocenters. The second-order valence-electron chi connectivity index (χ2n) is 4.15. The number of aliphatic hydroxyl groups excluding tert-OH is 1. The molecule has 6 heteroatoms. The average Bonchev–Trinajstić information content (AvgIpc) is 2.65. The molecule has 1 heterocycles. The minimum absolute atomic E-state index is 0.00219. The first-order valence-corrected chi connectivity index (χ1v) is 7.84. The highest BCUT2D eigenvalue weighted by atomic mass is 32.2. The van der Waals surface area contributed by atoms with E-state index in [4.69, 9.17) is 5.11 Å². The minimum Gasteiger partial charge on any atom is -0.396 e. The Morgan fingerprint density at radius 1 is 1.41 bits per heavy atom. The highest BCUT2D eigenvalue weighted by Crippen LogP contribution is 2.25. The predicted octanol–water partition coefficient (Wildman–Crippen LogP) is 1.84. The van der Waals surface area contributed by atoms with Gasteiger partial charge in [-0.25, -0.2) is 8.42 Å². The number of hydrogen-bond acceptors (Lipinski definition) is 4. The van der Waals surface area contributed by atoms with E-state index in [1.807, 2.05) is 26.8 Å². The molecule has 0 aliphatic heterocycles. The van der Waals surface area contributed by atoms with Crippen molar-refractivity contribution < 1.29 is 13.5 Å². The van der Waals surface area contributed by atoms with Crippen LogP contribution in [0.2, 0.25) is 0 Å². The summed E-state index contributed by atoms with van der Waals surface area (Å²) in [4.78, 5) is 0.981. The molecular weight excluding hydrogens is 258 g/mol. The molecule has 0 saturated heterocycles. The fraction of sp³-hybridized carbons (Fsp3) is 0.636. The molecule has 1 aromatic rings. The van der Waals surface area contributed by atoms with Crippen LogP contribution in [-0.2, 0) is 10.0 Å². The van der Waals surface area contributed by atoms with E-state index in [2.05, 4.69) is 0 Å². The topological polar surface area (TPSA) is 57.6 Å². The monoisotopic (exact) mass is 277 g/mol. The Morgan fingerprint density at radius 3 is 2.47 bits per heavy atom. The van der Waals surface area contributed by atoms with Gasteiger partial charge in [0.15, 0.2) is 0 Å². The van der Waals surface area contributed by atoms with Gasteiger partial charge in [-0.2, -0.15) is 4.31 Å². The van der Waals surface area contributed by atoms with Crippen molar-refractivity contribution in [3.05, 3.63) is 17.0 Å². The molecule has 1 rings (SSSR count). The van der Waals surface area contributed by atoms with Crippen molar-refractivity contribution in [3.8, 4) is 0 Å². The Bertz CT molecular complexity index is 451. The van der Waals surface area contributed by atoms with Gasteiger partial charge in [0, 0.05) is 24.1 Å². The third-order valence-corrected chi connectivity index (χ3v) is 5.93. The van der Waals surface area contributed by atoms with E-state index < -0.39 is 10.0 Å². The number of thiophene rings is 1. The van der Waals surface area contributed by atoms with E-state index >= 15 is 0 Å². The van der Waals surface area contributed by atoms with Crippen LogP contribution in [-0.4, -0.2) is 37.0 Å². The maximum absolute atomic E-state index is 12.3. The normalized spacial score (nSPS) is 12.6. The molecule has 0 aliphatic carbocycles. The minimum atomic E-state index is -3.41. The molecule has 0 unspecified atom stereocenters. The second kappa shape index (κ2) is 5.95. The van der Waals surface area contributed by atoms with Gasteiger partial charge in [-0.15, -0.1) is 11.3 Å². The number of aryl methyl sites for hydroxylation is 1. The first-order valence-electron chi connectivity index (χ1n) is 5.58. The molecular formula is C11H19NO3S2. The number of sulfonamides is 1. The third kappa shape index (κ3) is 3.51.